The number of hydrogen-bond donors (Lipinski definition) is 1. The van der Waals surface area contributed by atoms with Gasteiger partial charge in [-0.15, -0.1) is 0 Å². The summed E-state index contributed by atoms with van der Waals surface area (Å²) in [5.41, 5.74) is 1.10. The Hall–Kier alpha value is -1.42. The molecule has 0 aliphatic heterocycles. The molecule has 1 atom stereocenters. The zero-order valence-corrected chi connectivity index (χ0v) is 9.06. The normalized spacial score (nSPS) is 12.4. The molecule has 0 radical (unpaired) electrons. The van der Waals surface area contributed by atoms with Gasteiger partial charge in [0.25, 0.3) is 5.69 Å². The summed E-state index contributed by atoms with van der Waals surface area (Å²) in [5.74, 6) is 0. The summed E-state index contributed by atoms with van der Waals surface area (Å²) in [4.78, 5) is 10.2. The summed E-state index contributed by atoms with van der Waals surface area (Å²) < 4.78 is 0. The highest BCUT2D eigenvalue weighted by Gasteiger charge is 2.05. The molecule has 1 aromatic carbocycles. The number of nitrogens with zero attached hydrogens (tertiary/aromatic N) is 1. The average molecular weight is 208 g/mol. The van der Waals surface area contributed by atoms with Crippen molar-refractivity contribution in [1.82, 2.24) is 5.32 Å². The van der Waals surface area contributed by atoms with Crippen molar-refractivity contribution in [2.75, 3.05) is 0 Å². The first kappa shape index (κ1) is 11.7. The second-order valence-electron chi connectivity index (χ2n) is 3.62. The Morgan fingerprint density at radius 2 is 2.27 bits per heavy atom. The molecule has 0 saturated heterocycles. The maximum absolute atomic E-state index is 10.5. The van der Waals surface area contributed by atoms with Crippen LogP contribution in [0.15, 0.2) is 24.3 Å². The third-order valence-corrected chi connectivity index (χ3v) is 2.39. The van der Waals surface area contributed by atoms with Crippen molar-refractivity contribution in [2.45, 2.75) is 32.9 Å². The number of benzene rings is 1. The second kappa shape index (κ2) is 5.46. The lowest BCUT2D eigenvalue weighted by atomic mass is 10.2. The van der Waals surface area contributed by atoms with E-state index in [1.165, 1.54) is 6.07 Å². The summed E-state index contributed by atoms with van der Waals surface area (Å²) in [7, 11) is 0. The van der Waals surface area contributed by atoms with E-state index in [-0.39, 0.29) is 10.6 Å². The monoisotopic (exact) mass is 208 g/mol. The Kier molecular flexibility index (Phi) is 4.24. The number of nitrogens with one attached hydrogen (secondary N) is 1. The fourth-order valence-corrected chi connectivity index (χ4v) is 1.22. The molecule has 0 spiro atoms. The van der Waals surface area contributed by atoms with Gasteiger partial charge in [0.05, 0.1) is 4.92 Å². The van der Waals surface area contributed by atoms with Gasteiger partial charge in [-0.2, -0.15) is 0 Å². The van der Waals surface area contributed by atoms with Crippen LogP contribution in [0.2, 0.25) is 0 Å². The number of hydrogen-bond acceptors (Lipinski definition) is 3. The highest BCUT2D eigenvalue weighted by molar-refractivity contribution is 5.34. The lowest BCUT2D eigenvalue weighted by Crippen LogP contribution is -2.24. The van der Waals surface area contributed by atoms with Gasteiger partial charge in [-0.05, 0) is 18.9 Å². The van der Waals surface area contributed by atoms with Crippen LogP contribution in [0.1, 0.15) is 25.8 Å². The van der Waals surface area contributed by atoms with Crippen molar-refractivity contribution in [2.24, 2.45) is 0 Å². The van der Waals surface area contributed by atoms with Gasteiger partial charge in [0, 0.05) is 24.7 Å². The first-order valence-corrected chi connectivity index (χ1v) is 5.10. The smallest absolute Gasteiger partial charge is 0.269 e. The molecule has 15 heavy (non-hydrogen) atoms. The van der Waals surface area contributed by atoms with Crippen molar-refractivity contribution in [3.05, 3.63) is 39.9 Å². The molecule has 0 saturated carbocycles. The van der Waals surface area contributed by atoms with Gasteiger partial charge < -0.3 is 5.32 Å². The van der Waals surface area contributed by atoms with Crippen LogP contribution in [0.5, 0.6) is 0 Å². The molecule has 1 rings (SSSR count). The molecule has 0 aliphatic rings. The van der Waals surface area contributed by atoms with E-state index in [9.17, 15) is 10.1 Å². The van der Waals surface area contributed by atoms with Crippen LogP contribution < -0.4 is 5.32 Å². The van der Waals surface area contributed by atoms with E-state index in [0.29, 0.717) is 12.6 Å². The molecule has 1 N–H and O–H groups in total. The summed E-state index contributed by atoms with van der Waals surface area (Å²) >= 11 is 0. The topological polar surface area (TPSA) is 55.2 Å². The van der Waals surface area contributed by atoms with Crippen LogP contribution in [0.4, 0.5) is 5.69 Å². The molecule has 1 aromatic rings. The molecule has 82 valence electrons. The number of nitro groups is 1. The van der Waals surface area contributed by atoms with Gasteiger partial charge in [-0.3, -0.25) is 10.1 Å². The molecule has 4 nitrogen and oxygen atoms in total. The average Bonchev–Trinajstić information content (AvgIpc) is 2.26. The molecule has 0 bridgehead atoms. The summed E-state index contributed by atoms with van der Waals surface area (Å²) in [5, 5.41) is 13.8. The van der Waals surface area contributed by atoms with Gasteiger partial charge in [0.15, 0.2) is 0 Å². The van der Waals surface area contributed by atoms with Crippen molar-refractivity contribution in [3.8, 4) is 0 Å². The van der Waals surface area contributed by atoms with Crippen molar-refractivity contribution in [1.29, 1.82) is 0 Å². The zero-order valence-electron chi connectivity index (χ0n) is 9.06. The first-order valence-electron chi connectivity index (χ1n) is 5.10. The molecule has 0 aliphatic carbocycles. The Morgan fingerprint density at radius 3 is 2.87 bits per heavy atom. The van der Waals surface area contributed by atoms with E-state index in [1.807, 2.05) is 6.07 Å². The minimum atomic E-state index is -0.368. The summed E-state index contributed by atoms with van der Waals surface area (Å²) in [6, 6.07) is 7.15. The van der Waals surface area contributed by atoms with Crippen molar-refractivity contribution in [3.63, 3.8) is 0 Å². The molecule has 0 fully saturated rings. The second-order valence-corrected chi connectivity index (χ2v) is 3.62. The van der Waals surface area contributed by atoms with E-state index in [0.717, 1.165) is 12.0 Å². The van der Waals surface area contributed by atoms with Crippen molar-refractivity contribution >= 4 is 5.69 Å². The standard InChI is InChI=1S/C11H16N2O2/c1-3-9(2)12-8-10-5-4-6-11(7-10)13(14)15/h4-7,9,12H,3,8H2,1-2H3. The van der Waals surface area contributed by atoms with Crippen LogP contribution in [-0.4, -0.2) is 11.0 Å². The fraction of sp³-hybridized carbons (Fsp3) is 0.455. The molecular weight excluding hydrogens is 192 g/mol. The predicted molar refractivity (Wildman–Crippen MR) is 59.7 cm³/mol. The first-order chi connectivity index (χ1) is 7.13. The summed E-state index contributed by atoms with van der Waals surface area (Å²) in [6.45, 7) is 4.87. The van der Waals surface area contributed by atoms with Crippen LogP contribution in [-0.2, 0) is 6.54 Å². The fourth-order valence-electron chi connectivity index (χ4n) is 1.22. The maximum Gasteiger partial charge on any atom is 0.269 e. The van der Waals surface area contributed by atoms with Crippen molar-refractivity contribution < 1.29 is 4.92 Å². The molecule has 0 amide bonds. The quantitative estimate of drug-likeness (QED) is 0.597. The van der Waals surface area contributed by atoms with Gasteiger partial charge >= 0.3 is 0 Å². The van der Waals surface area contributed by atoms with Gasteiger partial charge in [0.2, 0.25) is 0 Å². The highest BCUT2D eigenvalue weighted by atomic mass is 16.6. The number of nitro benzene ring substituents is 1. The largest absolute Gasteiger partial charge is 0.310 e. The zero-order chi connectivity index (χ0) is 11.3. The Bertz CT molecular complexity index is 339. The molecule has 1 unspecified atom stereocenters. The SMILES string of the molecule is CCC(C)NCc1cccc([N+](=O)[O-])c1. The van der Waals surface area contributed by atoms with E-state index in [2.05, 4.69) is 19.2 Å². The van der Waals surface area contributed by atoms with E-state index < -0.39 is 0 Å². The van der Waals surface area contributed by atoms with Gasteiger partial charge in [0.1, 0.15) is 0 Å². The number of rotatable bonds is 5. The van der Waals surface area contributed by atoms with E-state index in [4.69, 9.17) is 0 Å². The predicted octanol–water partition coefficient (Wildman–Crippen LogP) is 2.48. The Labute approximate surface area is 89.5 Å². The maximum atomic E-state index is 10.5. The lowest BCUT2D eigenvalue weighted by molar-refractivity contribution is -0.384. The summed E-state index contributed by atoms with van der Waals surface area (Å²) in [6.07, 6.45) is 1.05. The third-order valence-electron chi connectivity index (χ3n) is 2.39. The highest BCUT2D eigenvalue weighted by Crippen LogP contribution is 2.12. The molecule has 4 heteroatoms. The minimum Gasteiger partial charge on any atom is -0.310 e. The van der Waals surface area contributed by atoms with Gasteiger partial charge in [-0.25, -0.2) is 0 Å². The molecule has 0 aromatic heterocycles. The van der Waals surface area contributed by atoms with Crippen LogP contribution in [0.3, 0.4) is 0 Å². The van der Waals surface area contributed by atoms with Crippen LogP contribution in [0.25, 0.3) is 0 Å². The van der Waals surface area contributed by atoms with E-state index in [1.54, 1.807) is 12.1 Å². The molecular formula is C11H16N2O2. The Morgan fingerprint density at radius 1 is 1.53 bits per heavy atom. The van der Waals surface area contributed by atoms with Crippen LogP contribution >= 0.6 is 0 Å². The van der Waals surface area contributed by atoms with E-state index >= 15 is 0 Å². The van der Waals surface area contributed by atoms with Crippen LogP contribution in [0, 0.1) is 10.1 Å². The number of non-ortho nitro benzene ring substituents is 1. The minimum absolute atomic E-state index is 0.151. The third kappa shape index (κ3) is 3.67. The molecule has 0 heterocycles. The lowest BCUT2D eigenvalue weighted by Gasteiger charge is -2.10. The Balaban J connectivity index is 2.62. The van der Waals surface area contributed by atoms with Gasteiger partial charge in [-0.1, -0.05) is 19.1 Å².